The summed E-state index contributed by atoms with van der Waals surface area (Å²) in [5, 5.41) is 28.4. The third-order valence-electron chi connectivity index (χ3n) is 8.00. The Morgan fingerprint density at radius 1 is 0.933 bits per heavy atom. The van der Waals surface area contributed by atoms with Crippen molar-refractivity contribution < 1.29 is 38.8 Å². The van der Waals surface area contributed by atoms with E-state index in [4.69, 9.17) is 14.2 Å². The Labute approximate surface area is 266 Å². The lowest BCUT2D eigenvalue weighted by Crippen LogP contribution is -2.59. The Kier molecular flexibility index (Phi) is 12.2. The number of fused-ring (bicyclic) bond motifs is 1. The first-order valence-corrected chi connectivity index (χ1v) is 15.4. The Hall–Kier alpha value is -3.83. The predicted octanol–water partition coefficient (Wildman–Crippen LogP) is 4.64. The molecule has 2 aromatic rings. The summed E-state index contributed by atoms with van der Waals surface area (Å²) in [6.07, 6.45) is 1.91. The molecule has 0 saturated carbocycles. The minimum atomic E-state index is -1.09. The van der Waals surface area contributed by atoms with Crippen molar-refractivity contribution in [2.75, 3.05) is 14.2 Å². The number of rotatable bonds is 13. The van der Waals surface area contributed by atoms with Crippen molar-refractivity contribution in [2.45, 2.75) is 103 Å². The van der Waals surface area contributed by atoms with E-state index in [-0.39, 0.29) is 42.7 Å². The van der Waals surface area contributed by atoms with Crippen LogP contribution in [0, 0.1) is 5.41 Å². The lowest BCUT2D eigenvalue weighted by atomic mass is 9.79. The first kappa shape index (κ1) is 35.6. The second kappa shape index (κ2) is 15.4. The molecule has 1 unspecified atom stereocenters. The fraction of sp³-hybridized carbons (Fsp3) is 0.559. The molecule has 3 atom stereocenters. The van der Waals surface area contributed by atoms with Gasteiger partial charge in [-0.25, -0.2) is 4.79 Å². The summed E-state index contributed by atoms with van der Waals surface area (Å²) in [6.45, 7) is 8.86. The van der Waals surface area contributed by atoms with E-state index < -0.39 is 41.4 Å². The molecule has 3 amide bonds. The van der Waals surface area contributed by atoms with Crippen LogP contribution in [0.5, 0.6) is 11.5 Å². The molecular weight excluding hydrogens is 578 g/mol. The highest BCUT2D eigenvalue weighted by molar-refractivity contribution is 5.92. The molecule has 0 spiro atoms. The standard InChI is InChI=1S/C34H49N3O8/c1-33(2,3)45-32(42)36-25(17-15-21-16-18-26(38)27(39)19-21)30(40)37-29(34(4,5)20-28(43-6)44-7)31(41)35-24-14-10-12-22-11-8-9-13-23(22)24/h8-9,11,13,16,18-19,24-25,28-29,38-39H,10,12,14-15,17,20H2,1-7H3,(H,35,41)(H,36,42)(H,37,40)/t24-,25+,29?/m1/s1. The molecule has 1 aliphatic carbocycles. The van der Waals surface area contributed by atoms with Crippen molar-refractivity contribution in [2.24, 2.45) is 5.41 Å². The van der Waals surface area contributed by atoms with Crippen LogP contribution < -0.4 is 16.0 Å². The highest BCUT2D eigenvalue weighted by Gasteiger charge is 2.41. The number of carbonyl (C=O) groups excluding carboxylic acids is 3. The number of carbonyl (C=O) groups is 3. The second-order valence-electron chi connectivity index (χ2n) is 13.2. The first-order valence-electron chi connectivity index (χ1n) is 15.4. The van der Waals surface area contributed by atoms with Crippen LogP contribution in [-0.2, 0) is 36.6 Å². The van der Waals surface area contributed by atoms with Crippen LogP contribution in [0.4, 0.5) is 4.79 Å². The van der Waals surface area contributed by atoms with Crippen molar-refractivity contribution in [1.82, 2.24) is 16.0 Å². The summed E-state index contributed by atoms with van der Waals surface area (Å²) >= 11 is 0. The van der Waals surface area contributed by atoms with Gasteiger partial charge in [0, 0.05) is 20.6 Å². The maximum Gasteiger partial charge on any atom is 0.408 e. The summed E-state index contributed by atoms with van der Waals surface area (Å²) in [6, 6.07) is 10.1. The topological polar surface area (TPSA) is 155 Å². The minimum absolute atomic E-state index is 0.124. The van der Waals surface area contributed by atoms with Gasteiger partial charge in [0.2, 0.25) is 11.8 Å². The molecule has 248 valence electrons. The van der Waals surface area contributed by atoms with E-state index in [1.54, 1.807) is 26.8 Å². The van der Waals surface area contributed by atoms with Gasteiger partial charge < -0.3 is 40.4 Å². The van der Waals surface area contributed by atoms with Crippen LogP contribution in [-0.4, -0.2) is 66.3 Å². The third-order valence-corrected chi connectivity index (χ3v) is 8.00. The number of aryl methyl sites for hydroxylation is 2. The largest absolute Gasteiger partial charge is 0.504 e. The van der Waals surface area contributed by atoms with Gasteiger partial charge in [0.1, 0.15) is 17.7 Å². The van der Waals surface area contributed by atoms with Gasteiger partial charge in [-0.2, -0.15) is 0 Å². The number of ether oxygens (including phenoxy) is 3. The summed E-state index contributed by atoms with van der Waals surface area (Å²) in [7, 11) is 3.03. The average Bonchev–Trinajstić information content (AvgIpc) is 2.97. The highest BCUT2D eigenvalue weighted by atomic mass is 16.7. The number of hydrogen-bond donors (Lipinski definition) is 5. The predicted molar refractivity (Wildman–Crippen MR) is 170 cm³/mol. The maximum absolute atomic E-state index is 14.1. The maximum atomic E-state index is 14.1. The van der Waals surface area contributed by atoms with E-state index in [1.165, 1.54) is 31.9 Å². The zero-order valence-electron chi connectivity index (χ0n) is 27.4. The van der Waals surface area contributed by atoms with E-state index in [0.29, 0.717) is 5.56 Å². The van der Waals surface area contributed by atoms with Crippen molar-refractivity contribution in [3.8, 4) is 11.5 Å². The lowest BCUT2D eigenvalue weighted by Gasteiger charge is -2.38. The molecular formula is C34H49N3O8. The van der Waals surface area contributed by atoms with Gasteiger partial charge in [0.05, 0.1) is 6.04 Å². The van der Waals surface area contributed by atoms with E-state index in [9.17, 15) is 24.6 Å². The Balaban J connectivity index is 1.89. The molecule has 0 aliphatic heterocycles. The Bertz CT molecular complexity index is 1320. The van der Waals surface area contributed by atoms with Crippen LogP contribution >= 0.6 is 0 Å². The summed E-state index contributed by atoms with van der Waals surface area (Å²) in [5.41, 5.74) is 1.25. The first-order chi connectivity index (χ1) is 21.1. The second-order valence-corrected chi connectivity index (χ2v) is 13.2. The Morgan fingerprint density at radius 2 is 1.62 bits per heavy atom. The molecule has 45 heavy (non-hydrogen) atoms. The summed E-state index contributed by atoms with van der Waals surface area (Å²) in [4.78, 5) is 40.8. The fourth-order valence-corrected chi connectivity index (χ4v) is 5.58. The lowest BCUT2D eigenvalue weighted by molar-refractivity contribution is -0.142. The molecule has 0 fully saturated rings. The molecule has 0 heterocycles. The number of nitrogens with one attached hydrogen (secondary N) is 3. The summed E-state index contributed by atoms with van der Waals surface area (Å²) in [5.74, 6) is -1.49. The molecule has 3 rings (SSSR count). The van der Waals surface area contributed by atoms with Crippen LogP contribution in [0.15, 0.2) is 42.5 Å². The average molecular weight is 628 g/mol. The summed E-state index contributed by atoms with van der Waals surface area (Å²) < 4.78 is 16.3. The number of phenolic OH excluding ortho intramolecular Hbond substituents is 2. The smallest absolute Gasteiger partial charge is 0.408 e. The Morgan fingerprint density at radius 3 is 2.27 bits per heavy atom. The molecule has 2 aromatic carbocycles. The van der Waals surface area contributed by atoms with Crippen molar-refractivity contribution in [1.29, 1.82) is 0 Å². The van der Waals surface area contributed by atoms with Crippen molar-refractivity contribution in [3.05, 3.63) is 59.2 Å². The van der Waals surface area contributed by atoms with Gasteiger partial charge in [-0.15, -0.1) is 0 Å². The van der Waals surface area contributed by atoms with Gasteiger partial charge in [-0.05, 0) is 87.1 Å². The van der Waals surface area contributed by atoms with E-state index >= 15 is 0 Å². The van der Waals surface area contributed by atoms with Gasteiger partial charge in [-0.1, -0.05) is 44.2 Å². The van der Waals surface area contributed by atoms with E-state index in [2.05, 4.69) is 22.0 Å². The number of methoxy groups -OCH3 is 2. The molecule has 5 N–H and O–H groups in total. The van der Waals surface area contributed by atoms with Gasteiger partial charge in [0.25, 0.3) is 0 Å². The molecule has 0 bridgehead atoms. The molecule has 0 saturated heterocycles. The van der Waals surface area contributed by atoms with E-state index in [0.717, 1.165) is 24.8 Å². The fourth-order valence-electron chi connectivity index (χ4n) is 5.58. The molecule has 0 radical (unpaired) electrons. The number of benzene rings is 2. The van der Waals surface area contributed by atoms with Gasteiger partial charge in [0.15, 0.2) is 17.8 Å². The molecule has 11 heteroatoms. The van der Waals surface area contributed by atoms with Gasteiger partial charge in [-0.3, -0.25) is 9.59 Å². The normalized spacial score (nSPS) is 16.3. The number of phenols is 2. The number of hydrogen-bond acceptors (Lipinski definition) is 8. The van der Waals surface area contributed by atoms with Crippen LogP contribution in [0.2, 0.25) is 0 Å². The van der Waals surface area contributed by atoms with Crippen molar-refractivity contribution in [3.63, 3.8) is 0 Å². The van der Waals surface area contributed by atoms with Crippen LogP contribution in [0.3, 0.4) is 0 Å². The van der Waals surface area contributed by atoms with Crippen LogP contribution in [0.25, 0.3) is 0 Å². The molecule has 11 nitrogen and oxygen atoms in total. The molecule has 1 aliphatic rings. The third kappa shape index (κ3) is 10.4. The number of amides is 3. The SMILES string of the molecule is COC(CC(C)(C)C(NC(=O)[C@H](CCc1ccc(O)c(O)c1)NC(=O)OC(C)(C)C)C(=O)N[C@@H]1CCCc2ccccc21)OC. The number of alkyl carbamates (subject to hydrolysis) is 1. The zero-order valence-corrected chi connectivity index (χ0v) is 27.4. The van der Waals surface area contributed by atoms with Crippen LogP contribution in [0.1, 0.15) is 83.0 Å². The molecule has 0 aromatic heterocycles. The van der Waals surface area contributed by atoms with Gasteiger partial charge >= 0.3 is 6.09 Å². The monoisotopic (exact) mass is 627 g/mol. The van der Waals surface area contributed by atoms with E-state index in [1.807, 2.05) is 32.0 Å². The zero-order chi connectivity index (χ0) is 33.4. The minimum Gasteiger partial charge on any atom is -0.504 e. The highest BCUT2D eigenvalue weighted by Crippen LogP contribution is 2.33. The quantitative estimate of drug-likeness (QED) is 0.159. The number of aromatic hydroxyl groups is 2. The van der Waals surface area contributed by atoms with Crippen molar-refractivity contribution >= 4 is 17.9 Å².